The van der Waals surface area contributed by atoms with Crippen LogP contribution in [0.1, 0.15) is 46.5 Å². The van der Waals surface area contributed by atoms with Crippen molar-refractivity contribution in [2.45, 2.75) is 46.5 Å². The molecule has 0 aliphatic heterocycles. The lowest BCUT2D eigenvalue weighted by molar-refractivity contribution is 0.879. The van der Waals surface area contributed by atoms with Crippen molar-refractivity contribution < 1.29 is 0 Å². The number of unbranched alkanes of at least 4 members (excludes halogenated alkanes) is 1. The minimum atomic E-state index is -1.45. The molecule has 0 saturated carbocycles. The smallest absolute Gasteiger partial charge is 0.305 e. The molecule has 0 saturated heterocycles. The zero-order chi connectivity index (χ0) is 11.7. The summed E-state index contributed by atoms with van der Waals surface area (Å²) in [6.07, 6.45) is 8.70. The molecular formula is C10H23Cl2NPSi. The molecule has 0 amide bonds. The van der Waals surface area contributed by atoms with Gasteiger partial charge < -0.3 is 4.41 Å². The summed E-state index contributed by atoms with van der Waals surface area (Å²) in [5.41, 5.74) is 0. The van der Waals surface area contributed by atoms with Crippen LogP contribution in [0.4, 0.5) is 0 Å². The third-order valence-electron chi connectivity index (χ3n) is 2.50. The van der Waals surface area contributed by atoms with Gasteiger partial charge in [-0.05, 0) is 32.0 Å². The Kier molecular flexibility index (Phi) is 9.72. The molecule has 0 aromatic heterocycles. The van der Waals surface area contributed by atoms with E-state index in [0.717, 1.165) is 0 Å². The van der Waals surface area contributed by atoms with E-state index < -0.39 is 14.6 Å². The highest BCUT2D eigenvalue weighted by Crippen LogP contribution is 2.52. The molecule has 91 valence electrons. The van der Waals surface area contributed by atoms with Crippen LogP contribution in [0.3, 0.4) is 0 Å². The molecule has 15 heavy (non-hydrogen) atoms. The maximum atomic E-state index is 5.94. The molecule has 0 spiro atoms. The lowest BCUT2D eigenvalue weighted by Crippen LogP contribution is -2.03. The average molecular weight is 287 g/mol. The summed E-state index contributed by atoms with van der Waals surface area (Å²) in [6.45, 7) is 6.71. The van der Waals surface area contributed by atoms with Crippen LogP contribution in [0.2, 0.25) is 0 Å². The van der Waals surface area contributed by atoms with Gasteiger partial charge in [0.05, 0.1) is 0 Å². The number of hydrogen-bond donors (Lipinski definition) is 0. The van der Waals surface area contributed by atoms with Crippen molar-refractivity contribution in [2.24, 2.45) is 4.41 Å². The first-order valence-corrected chi connectivity index (χ1v) is 11.6. The first-order valence-electron chi connectivity index (χ1n) is 5.87. The first-order chi connectivity index (χ1) is 7.10. The fourth-order valence-electron chi connectivity index (χ4n) is 1.93. The van der Waals surface area contributed by atoms with Crippen LogP contribution in [-0.2, 0) is 0 Å². The molecule has 5 heteroatoms. The van der Waals surface area contributed by atoms with Gasteiger partial charge in [0.15, 0.2) is 0 Å². The molecular weight excluding hydrogens is 264 g/mol. The summed E-state index contributed by atoms with van der Waals surface area (Å²) in [4.78, 5) is 0. The lowest BCUT2D eigenvalue weighted by Gasteiger charge is -2.24. The summed E-state index contributed by atoms with van der Waals surface area (Å²) < 4.78 is 4.77. The monoisotopic (exact) mass is 286 g/mol. The minimum Gasteiger partial charge on any atom is -0.305 e. The molecule has 0 fully saturated rings. The van der Waals surface area contributed by atoms with Crippen molar-refractivity contribution >= 4 is 36.8 Å². The van der Waals surface area contributed by atoms with E-state index in [1.54, 1.807) is 0 Å². The highest BCUT2D eigenvalue weighted by molar-refractivity contribution is 7.68. The van der Waals surface area contributed by atoms with Crippen molar-refractivity contribution in [1.29, 1.82) is 0 Å². The van der Waals surface area contributed by atoms with Gasteiger partial charge in [0.1, 0.15) is 0 Å². The molecule has 0 bridgehead atoms. The molecule has 0 N–H and O–H groups in total. The number of nitrogens with zero attached hydrogens (tertiary/aromatic N) is 1. The van der Waals surface area contributed by atoms with Crippen LogP contribution >= 0.6 is 29.2 Å². The lowest BCUT2D eigenvalue weighted by atomic mass is 10.4. The maximum absolute atomic E-state index is 5.94. The van der Waals surface area contributed by atoms with Gasteiger partial charge in [-0.2, -0.15) is 0 Å². The Labute approximate surface area is 106 Å². The molecule has 0 rings (SSSR count). The molecule has 0 aliphatic rings. The minimum absolute atomic E-state index is 1.16. The Morgan fingerprint density at radius 3 is 1.80 bits per heavy atom. The van der Waals surface area contributed by atoms with E-state index in [1.807, 2.05) is 0 Å². The standard InChI is InChI=1S/C10H23Cl2NPSi/c1-4-7-10-14(8-5-2,9-6-3)13-15(11)12/h4-10H2,1-3H3. The zero-order valence-electron chi connectivity index (χ0n) is 10.1. The second kappa shape index (κ2) is 9.10. The van der Waals surface area contributed by atoms with Gasteiger partial charge in [-0.15, -0.1) is 22.2 Å². The first kappa shape index (κ1) is 16.0. The molecule has 1 nitrogen and oxygen atoms in total. The Bertz CT molecular complexity index is 200. The van der Waals surface area contributed by atoms with Crippen LogP contribution in [0.15, 0.2) is 4.41 Å². The van der Waals surface area contributed by atoms with Gasteiger partial charge in [0.2, 0.25) is 0 Å². The Morgan fingerprint density at radius 2 is 1.47 bits per heavy atom. The van der Waals surface area contributed by atoms with Gasteiger partial charge in [-0.1, -0.05) is 40.0 Å². The Balaban J connectivity index is 4.71. The van der Waals surface area contributed by atoms with Crippen molar-refractivity contribution in [3.63, 3.8) is 0 Å². The van der Waals surface area contributed by atoms with E-state index in [9.17, 15) is 0 Å². The third kappa shape index (κ3) is 7.04. The van der Waals surface area contributed by atoms with Gasteiger partial charge in [-0.25, -0.2) is 0 Å². The van der Waals surface area contributed by atoms with Gasteiger partial charge >= 0.3 is 7.58 Å². The largest absolute Gasteiger partial charge is 0.412 e. The van der Waals surface area contributed by atoms with Crippen molar-refractivity contribution in [3.8, 4) is 0 Å². The quantitative estimate of drug-likeness (QED) is 0.327. The zero-order valence-corrected chi connectivity index (χ0v) is 13.5. The number of hydrogen-bond acceptors (Lipinski definition) is 1. The van der Waals surface area contributed by atoms with Crippen LogP contribution in [0.25, 0.3) is 0 Å². The fourth-order valence-corrected chi connectivity index (χ4v) is 10.5. The van der Waals surface area contributed by atoms with Crippen molar-refractivity contribution in [3.05, 3.63) is 0 Å². The molecule has 0 atom stereocenters. The summed E-state index contributed by atoms with van der Waals surface area (Å²) in [5, 5.41) is 0. The summed E-state index contributed by atoms with van der Waals surface area (Å²) in [7, 11) is -2.61. The SMILES string of the molecule is CCCCP(CCC)(CCC)=N[Si](Cl)Cl. The van der Waals surface area contributed by atoms with Gasteiger partial charge in [-0.3, -0.25) is 0 Å². The van der Waals surface area contributed by atoms with E-state index in [0.29, 0.717) is 0 Å². The van der Waals surface area contributed by atoms with Gasteiger partial charge in [0.25, 0.3) is 0 Å². The Morgan fingerprint density at radius 1 is 0.933 bits per heavy atom. The second-order valence-electron chi connectivity index (χ2n) is 3.96. The highest BCUT2D eigenvalue weighted by atomic mass is 35.7. The maximum Gasteiger partial charge on any atom is 0.412 e. The summed E-state index contributed by atoms with van der Waals surface area (Å²) in [6, 6.07) is 0. The van der Waals surface area contributed by atoms with Crippen LogP contribution < -0.4 is 0 Å². The third-order valence-corrected chi connectivity index (χ3v) is 9.87. The Hall–Kier alpha value is 1.03. The van der Waals surface area contributed by atoms with Crippen LogP contribution in [0, 0.1) is 0 Å². The molecule has 1 radical (unpaired) electrons. The second-order valence-corrected chi connectivity index (χ2v) is 11.5. The molecule has 0 heterocycles. The molecule has 0 aromatic carbocycles. The summed E-state index contributed by atoms with van der Waals surface area (Å²) >= 11 is 11.9. The highest BCUT2D eigenvalue weighted by Gasteiger charge is 2.19. The van der Waals surface area contributed by atoms with Crippen molar-refractivity contribution in [1.82, 2.24) is 0 Å². The topological polar surface area (TPSA) is 12.4 Å². The van der Waals surface area contributed by atoms with E-state index in [2.05, 4.69) is 20.8 Å². The molecule has 0 aliphatic carbocycles. The van der Waals surface area contributed by atoms with Crippen LogP contribution in [-0.4, -0.2) is 26.1 Å². The van der Waals surface area contributed by atoms with E-state index >= 15 is 0 Å². The van der Waals surface area contributed by atoms with Crippen molar-refractivity contribution in [2.75, 3.05) is 18.5 Å². The predicted molar refractivity (Wildman–Crippen MR) is 76.9 cm³/mol. The van der Waals surface area contributed by atoms with Crippen LogP contribution in [0.5, 0.6) is 0 Å². The van der Waals surface area contributed by atoms with E-state index in [1.165, 1.54) is 44.2 Å². The number of rotatable bonds is 8. The fraction of sp³-hybridized carbons (Fsp3) is 1.00. The summed E-state index contributed by atoms with van der Waals surface area (Å²) in [5.74, 6) is 0. The molecule has 0 unspecified atom stereocenters. The van der Waals surface area contributed by atoms with E-state index in [-0.39, 0.29) is 0 Å². The average Bonchev–Trinajstić information content (AvgIpc) is 2.14. The molecule has 0 aromatic rings. The predicted octanol–water partition coefficient (Wildman–Crippen LogP) is 5.27. The normalized spacial score (nSPS) is 12.1. The van der Waals surface area contributed by atoms with E-state index in [4.69, 9.17) is 26.6 Å². The number of halogens is 2. The van der Waals surface area contributed by atoms with Gasteiger partial charge in [0, 0.05) is 0 Å².